The van der Waals surface area contributed by atoms with Gasteiger partial charge in [0.1, 0.15) is 0 Å². The number of carbonyl (C=O) groups excluding carboxylic acids is 1. The predicted octanol–water partition coefficient (Wildman–Crippen LogP) is 1.46. The van der Waals surface area contributed by atoms with Crippen molar-refractivity contribution in [2.75, 3.05) is 31.1 Å². The summed E-state index contributed by atoms with van der Waals surface area (Å²) in [4.78, 5) is 13.1. The van der Waals surface area contributed by atoms with E-state index in [4.69, 9.17) is 5.73 Å². The molecule has 0 bridgehead atoms. The van der Waals surface area contributed by atoms with Crippen molar-refractivity contribution in [3.8, 4) is 0 Å². The summed E-state index contributed by atoms with van der Waals surface area (Å²) in [6.45, 7) is 3.30. The summed E-state index contributed by atoms with van der Waals surface area (Å²) in [5.74, 6) is -0.0957. The third-order valence-electron chi connectivity index (χ3n) is 4.33. The number of nitrogens with zero attached hydrogens (tertiary/aromatic N) is 1. The van der Waals surface area contributed by atoms with Crippen molar-refractivity contribution in [3.05, 3.63) is 29.3 Å². The van der Waals surface area contributed by atoms with E-state index in [0.29, 0.717) is 17.5 Å². The number of nitrogens with two attached hydrogens (primary N) is 1. The van der Waals surface area contributed by atoms with Gasteiger partial charge in [0.15, 0.2) is 0 Å². The molecule has 1 aromatic carbocycles. The molecule has 0 spiro atoms. The minimum atomic E-state index is -4.59. The Morgan fingerprint density at radius 3 is 2.38 bits per heavy atom. The second-order valence-corrected chi connectivity index (χ2v) is 5.68. The quantitative estimate of drug-likeness (QED) is 0.869. The van der Waals surface area contributed by atoms with E-state index < -0.39 is 23.2 Å². The zero-order valence-electron chi connectivity index (χ0n) is 11.3. The van der Waals surface area contributed by atoms with Crippen molar-refractivity contribution < 1.29 is 18.0 Å². The van der Waals surface area contributed by atoms with Crippen molar-refractivity contribution in [2.45, 2.75) is 6.18 Å². The molecule has 3 rings (SSSR count). The monoisotopic (exact) mass is 299 g/mol. The largest absolute Gasteiger partial charge is 0.417 e. The van der Waals surface area contributed by atoms with Gasteiger partial charge in [0.25, 0.3) is 0 Å². The molecule has 1 aromatic rings. The zero-order chi connectivity index (χ0) is 15.2. The molecule has 2 aliphatic heterocycles. The molecule has 0 aliphatic carbocycles. The molecule has 2 saturated heterocycles. The van der Waals surface area contributed by atoms with E-state index in [1.54, 1.807) is 6.07 Å². The number of amides is 1. The van der Waals surface area contributed by atoms with Crippen molar-refractivity contribution >= 4 is 11.6 Å². The smallest absolute Gasteiger partial charge is 0.371 e. The van der Waals surface area contributed by atoms with Gasteiger partial charge in [-0.1, -0.05) is 0 Å². The van der Waals surface area contributed by atoms with Gasteiger partial charge >= 0.3 is 6.18 Å². The van der Waals surface area contributed by atoms with Gasteiger partial charge in [-0.2, -0.15) is 13.2 Å². The standard InChI is InChI=1S/C14H16F3N3O/c15-14(16,17)12-3-10(1-2-11(12)13(18)21)20-6-8-4-19-5-9(8)7-20/h1-3,8-9,19H,4-7H2,(H2,18,21). The minimum absolute atomic E-state index is 0.479. The number of hydrogen-bond donors (Lipinski definition) is 2. The number of halogens is 3. The molecule has 3 N–H and O–H groups in total. The van der Waals surface area contributed by atoms with Crippen LogP contribution in [0.1, 0.15) is 15.9 Å². The van der Waals surface area contributed by atoms with Crippen LogP contribution in [0.4, 0.5) is 18.9 Å². The molecule has 4 nitrogen and oxygen atoms in total. The Labute approximate surface area is 120 Å². The predicted molar refractivity (Wildman–Crippen MR) is 72.0 cm³/mol. The summed E-state index contributed by atoms with van der Waals surface area (Å²) in [7, 11) is 0. The van der Waals surface area contributed by atoms with Gasteiger partial charge in [-0.3, -0.25) is 4.79 Å². The highest BCUT2D eigenvalue weighted by Crippen LogP contribution is 2.37. The normalized spacial score (nSPS) is 25.2. The van der Waals surface area contributed by atoms with Gasteiger partial charge in [-0.15, -0.1) is 0 Å². The molecule has 0 radical (unpaired) electrons. The van der Waals surface area contributed by atoms with Gasteiger partial charge in [-0.25, -0.2) is 0 Å². The molecular formula is C14H16F3N3O. The second kappa shape index (κ2) is 4.91. The number of rotatable bonds is 2. The van der Waals surface area contributed by atoms with Gasteiger partial charge in [0.05, 0.1) is 11.1 Å². The second-order valence-electron chi connectivity index (χ2n) is 5.68. The average Bonchev–Trinajstić information content (AvgIpc) is 2.97. The molecule has 0 saturated carbocycles. The molecule has 2 atom stereocenters. The lowest BCUT2D eigenvalue weighted by atomic mass is 10.0. The van der Waals surface area contributed by atoms with Crippen molar-refractivity contribution in [3.63, 3.8) is 0 Å². The lowest BCUT2D eigenvalue weighted by molar-refractivity contribution is -0.137. The zero-order valence-corrected chi connectivity index (χ0v) is 11.3. The van der Waals surface area contributed by atoms with Crippen LogP contribution in [-0.2, 0) is 6.18 Å². The number of primary amides is 1. The van der Waals surface area contributed by atoms with Crippen LogP contribution in [0.15, 0.2) is 18.2 Å². The van der Waals surface area contributed by atoms with E-state index in [1.165, 1.54) is 6.07 Å². The lowest BCUT2D eigenvalue weighted by Crippen LogP contribution is -2.26. The molecule has 2 unspecified atom stereocenters. The van der Waals surface area contributed by atoms with E-state index in [1.807, 2.05) is 4.90 Å². The van der Waals surface area contributed by atoms with Crippen LogP contribution in [0.2, 0.25) is 0 Å². The summed E-state index contributed by atoms with van der Waals surface area (Å²) in [5, 5.41) is 3.29. The molecular weight excluding hydrogens is 283 g/mol. The van der Waals surface area contributed by atoms with Crippen molar-refractivity contribution in [1.82, 2.24) is 5.32 Å². The highest BCUT2D eigenvalue weighted by molar-refractivity contribution is 5.95. The Kier molecular flexibility index (Phi) is 3.32. The number of fused-ring (bicyclic) bond motifs is 1. The third-order valence-corrected chi connectivity index (χ3v) is 4.33. The highest BCUT2D eigenvalue weighted by Gasteiger charge is 2.38. The van der Waals surface area contributed by atoms with Crippen molar-refractivity contribution in [1.29, 1.82) is 0 Å². The SMILES string of the molecule is NC(=O)c1ccc(N2CC3CNCC3C2)cc1C(F)(F)F. The first kappa shape index (κ1) is 14.2. The number of benzene rings is 1. The van der Waals surface area contributed by atoms with Gasteiger partial charge in [0.2, 0.25) is 5.91 Å². The number of anilines is 1. The van der Waals surface area contributed by atoms with Gasteiger partial charge in [0, 0.05) is 31.9 Å². The summed E-state index contributed by atoms with van der Waals surface area (Å²) < 4.78 is 39.2. The van der Waals surface area contributed by atoms with E-state index in [9.17, 15) is 18.0 Å². The molecule has 2 heterocycles. The maximum absolute atomic E-state index is 13.1. The minimum Gasteiger partial charge on any atom is -0.371 e. The molecule has 21 heavy (non-hydrogen) atoms. The van der Waals surface area contributed by atoms with Crippen LogP contribution in [0, 0.1) is 11.8 Å². The number of hydrogen-bond acceptors (Lipinski definition) is 3. The highest BCUT2D eigenvalue weighted by atomic mass is 19.4. The van der Waals surface area contributed by atoms with Crippen LogP contribution in [0.3, 0.4) is 0 Å². The van der Waals surface area contributed by atoms with Crippen LogP contribution in [-0.4, -0.2) is 32.1 Å². The Balaban J connectivity index is 1.92. The summed E-state index contributed by atoms with van der Waals surface area (Å²) in [6.07, 6.45) is -4.59. The molecule has 0 aromatic heterocycles. The summed E-state index contributed by atoms with van der Waals surface area (Å²) in [6, 6.07) is 3.76. The fourth-order valence-corrected chi connectivity index (χ4v) is 3.24. The van der Waals surface area contributed by atoms with Gasteiger partial charge < -0.3 is 16.0 Å². The van der Waals surface area contributed by atoms with E-state index in [-0.39, 0.29) is 0 Å². The molecule has 114 valence electrons. The van der Waals surface area contributed by atoms with Crippen LogP contribution in [0.25, 0.3) is 0 Å². The van der Waals surface area contributed by atoms with Crippen LogP contribution in [0.5, 0.6) is 0 Å². The summed E-state index contributed by atoms with van der Waals surface area (Å²) in [5.41, 5.74) is 4.10. The Hall–Kier alpha value is -1.76. The maximum Gasteiger partial charge on any atom is 0.417 e. The fraction of sp³-hybridized carbons (Fsp3) is 0.500. The van der Waals surface area contributed by atoms with Crippen molar-refractivity contribution in [2.24, 2.45) is 17.6 Å². The topological polar surface area (TPSA) is 58.4 Å². The number of nitrogens with one attached hydrogen (secondary N) is 1. The first-order chi connectivity index (χ1) is 9.86. The van der Waals surface area contributed by atoms with Gasteiger partial charge in [-0.05, 0) is 30.0 Å². The number of alkyl halides is 3. The van der Waals surface area contributed by atoms with Crippen LogP contribution < -0.4 is 16.0 Å². The average molecular weight is 299 g/mol. The van der Waals surface area contributed by atoms with Crippen LogP contribution >= 0.6 is 0 Å². The Bertz CT molecular complexity index is 561. The Morgan fingerprint density at radius 1 is 1.24 bits per heavy atom. The first-order valence-electron chi connectivity index (χ1n) is 6.83. The Morgan fingerprint density at radius 2 is 1.86 bits per heavy atom. The third kappa shape index (κ3) is 2.57. The lowest BCUT2D eigenvalue weighted by Gasteiger charge is -2.22. The molecule has 2 aliphatic rings. The molecule has 7 heteroatoms. The summed E-state index contributed by atoms with van der Waals surface area (Å²) >= 11 is 0. The first-order valence-corrected chi connectivity index (χ1v) is 6.83. The van der Waals surface area contributed by atoms with E-state index in [0.717, 1.165) is 32.2 Å². The fourth-order valence-electron chi connectivity index (χ4n) is 3.24. The van der Waals surface area contributed by atoms with E-state index in [2.05, 4.69) is 5.32 Å². The van der Waals surface area contributed by atoms with E-state index >= 15 is 0 Å². The molecule has 2 fully saturated rings. The number of carbonyl (C=O) groups is 1. The maximum atomic E-state index is 13.1. The molecule has 1 amide bonds.